The summed E-state index contributed by atoms with van der Waals surface area (Å²) in [7, 11) is 0. The van der Waals surface area contributed by atoms with Gasteiger partial charge in [-0.05, 0) is 36.8 Å². The van der Waals surface area contributed by atoms with E-state index in [4.69, 9.17) is 4.74 Å². The van der Waals surface area contributed by atoms with Gasteiger partial charge in [0, 0.05) is 16.5 Å². The number of aromatic nitrogens is 2. The highest BCUT2D eigenvalue weighted by atomic mass is 16.6. The Kier molecular flexibility index (Phi) is 3.07. The van der Waals surface area contributed by atoms with Crippen molar-refractivity contribution in [2.75, 3.05) is 0 Å². The Morgan fingerprint density at radius 3 is 2.93 bits per heavy atom. The number of benzene rings is 1. The third kappa shape index (κ3) is 2.03. The highest BCUT2D eigenvalue weighted by Crippen LogP contribution is 2.38. The van der Waals surface area contributed by atoms with Crippen LogP contribution in [-0.4, -0.2) is 30.5 Å². The number of nitrogens with zero attached hydrogens (tertiary/aromatic N) is 2. The van der Waals surface area contributed by atoms with Crippen molar-refractivity contribution in [3.05, 3.63) is 57.4 Å². The minimum Gasteiger partial charge on any atom is -0.508 e. The molecule has 0 saturated carbocycles. The van der Waals surface area contributed by atoms with Gasteiger partial charge < -0.3 is 24.3 Å². The van der Waals surface area contributed by atoms with Gasteiger partial charge in [0.25, 0.3) is 5.56 Å². The van der Waals surface area contributed by atoms with Crippen LogP contribution in [0.15, 0.2) is 35.1 Å². The predicted molar refractivity (Wildman–Crippen MR) is 98.1 cm³/mol. The topological polar surface area (TPSA) is 106 Å². The van der Waals surface area contributed by atoms with Crippen LogP contribution in [0.3, 0.4) is 0 Å². The molecule has 2 aromatic heterocycles. The van der Waals surface area contributed by atoms with Crippen molar-refractivity contribution in [1.82, 2.24) is 9.55 Å². The van der Waals surface area contributed by atoms with E-state index in [-0.39, 0.29) is 24.3 Å². The first-order chi connectivity index (χ1) is 12.9. The molecule has 1 atom stereocenters. The fourth-order valence-corrected chi connectivity index (χ4v) is 3.99. The van der Waals surface area contributed by atoms with E-state index < -0.39 is 11.6 Å². The van der Waals surface area contributed by atoms with Crippen molar-refractivity contribution >= 4 is 16.9 Å². The molecule has 7 nitrogen and oxygen atoms in total. The zero-order chi connectivity index (χ0) is 18.9. The fraction of sp³-hybridized carbons (Fsp3) is 0.250. The fourth-order valence-electron chi connectivity index (χ4n) is 3.99. The number of phenolic OH excluding ortho intramolecular Hbond substituents is 1. The van der Waals surface area contributed by atoms with Crippen LogP contribution in [0.4, 0.5) is 0 Å². The molecule has 0 unspecified atom stereocenters. The lowest BCUT2D eigenvalue weighted by Crippen LogP contribution is -2.44. The van der Waals surface area contributed by atoms with Crippen LogP contribution in [0.5, 0.6) is 5.75 Å². The Balaban J connectivity index is 1.80. The second-order valence-corrected chi connectivity index (χ2v) is 6.99. The summed E-state index contributed by atoms with van der Waals surface area (Å²) in [6.07, 6.45) is 0.173. The molecule has 0 aliphatic carbocycles. The number of pyridine rings is 2. The normalized spacial score (nSPS) is 20.1. The molecule has 0 spiro atoms. The molecule has 0 fully saturated rings. The summed E-state index contributed by atoms with van der Waals surface area (Å²) in [5.41, 5.74) is 1.57. The molecule has 0 saturated heterocycles. The molecule has 4 heterocycles. The summed E-state index contributed by atoms with van der Waals surface area (Å²) in [6.45, 7) is 1.99. The van der Waals surface area contributed by atoms with Crippen molar-refractivity contribution < 1.29 is 19.7 Å². The Morgan fingerprint density at radius 2 is 2.15 bits per heavy atom. The third-order valence-corrected chi connectivity index (χ3v) is 5.51. The van der Waals surface area contributed by atoms with Gasteiger partial charge in [0.2, 0.25) is 12.2 Å². The van der Waals surface area contributed by atoms with E-state index in [2.05, 4.69) is 4.98 Å². The number of hydrogen-bond donors (Lipinski definition) is 2. The largest absolute Gasteiger partial charge is 0.521 e. The maximum Gasteiger partial charge on any atom is 0.521 e. The average molecular weight is 365 g/mol. The van der Waals surface area contributed by atoms with Crippen molar-refractivity contribution in [2.24, 2.45) is 0 Å². The number of cyclic esters (lactones) is 1. The van der Waals surface area contributed by atoms with Gasteiger partial charge in [-0.25, -0.2) is 4.98 Å². The van der Waals surface area contributed by atoms with Gasteiger partial charge in [0.15, 0.2) is 0 Å². The van der Waals surface area contributed by atoms with Crippen molar-refractivity contribution in [3.8, 4) is 17.1 Å². The number of aromatic hydroxyl groups is 1. The van der Waals surface area contributed by atoms with E-state index in [9.17, 15) is 19.8 Å². The predicted octanol–water partition coefficient (Wildman–Crippen LogP) is 1.76. The molecule has 1 aromatic carbocycles. The summed E-state index contributed by atoms with van der Waals surface area (Å²) < 4.78 is 6.78. The lowest BCUT2D eigenvalue weighted by atomic mass is 9.86. The molecule has 2 aliphatic rings. The Hall–Kier alpha value is -3.19. The number of ether oxygens (including phenoxy) is 1. The Bertz CT molecular complexity index is 1210. The highest BCUT2D eigenvalue weighted by Gasteiger charge is 2.51. The number of esters is 1. The van der Waals surface area contributed by atoms with Crippen LogP contribution in [0.2, 0.25) is 0 Å². The molecule has 27 heavy (non-hydrogen) atoms. The first-order valence-electron chi connectivity index (χ1n) is 8.74. The molecule has 5 rings (SSSR count). The molecule has 0 bridgehead atoms. The standard InChI is InChI=1S/C20H16N2O5/c1-2-20(26)14-7-16-17-11(5-10-6-12(23)3-4-15(10)21-17)8-22(16)18(24)13(14)9-27-19(20)25/h3-7,23,26H,2,8-9H2,1H3/p+1/t20-/m0/s1. The van der Waals surface area contributed by atoms with Crippen LogP contribution in [0.25, 0.3) is 22.3 Å². The van der Waals surface area contributed by atoms with Crippen LogP contribution in [-0.2, 0) is 23.5 Å². The van der Waals surface area contributed by atoms with Gasteiger partial charge in [0.05, 0.1) is 29.0 Å². The van der Waals surface area contributed by atoms with E-state index >= 15 is 0 Å². The highest BCUT2D eigenvalue weighted by molar-refractivity contribution is 5.87. The van der Waals surface area contributed by atoms with Crippen molar-refractivity contribution in [3.63, 3.8) is 0 Å². The second-order valence-electron chi connectivity index (χ2n) is 6.99. The van der Waals surface area contributed by atoms with Gasteiger partial charge in [-0.2, -0.15) is 0 Å². The summed E-state index contributed by atoms with van der Waals surface area (Å²) in [5, 5.41) is 21.4. The minimum absolute atomic E-state index is 0.0811. The van der Waals surface area contributed by atoms with Crippen LogP contribution < -0.4 is 5.56 Å². The molecule has 0 amide bonds. The number of aliphatic hydroxyl groups is 1. The summed E-state index contributed by atoms with van der Waals surface area (Å²) >= 11 is 0. The van der Waals surface area contributed by atoms with Crippen LogP contribution in [0.1, 0.15) is 30.0 Å². The van der Waals surface area contributed by atoms with Gasteiger partial charge >= 0.3 is 5.97 Å². The molecule has 7 heteroatoms. The number of hydrogen-bond acceptors (Lipinski definition) is 5. The molecular weight excluding hydrogens is 348 g/mol. The lowest BCUT2D eigenvalue weighted by Gasteiger charge is -2.26. The number of carbonyl (C=O) groups excluding carboxylic acids is 1. The molecular formula is C20H17N2O5+. The maximum atomic E-state index is 13.0. The first-order valence-corrected chi connectivity index (χ1v) is 8.74. The van der Waals surface area contributed by atoms with E-state index in [1.54, 1.807) is 35.8 Å². The molecule has 3 aromatic rings. The Morgan fingerprint density at radius 1 is 1.33 bits per heavy atom. The monoisotopic (exact) mass is 365 g/mol. The average Bonchev–Trinajstić information content (AvgIpc) is 3.01. The second kappa shape index (κ2) is 5.17. The van der Waals surface area contributed by atoms with Gasteiger partial charge in [-0.1, -0.05) is 6.92 Å². The van der Waals surface area contributed by atoms with Crippen molar-refractivity contribution in [2.45, 2.75) is 32.1 Å². The van der Waals surface area contributed by atoms with E-state index in [1.165, 1.54) is 0 Å². The molecule has 3 N–H and O–H groups in total. The maximum absolute atomic E-state index is 13.0. The zero-order valence-electron chi connectivity index (χ0n) is 14.6. The Labute approximate surface area is 153 Å². The first kappa shape index (κ1) is 16.0. The van der Waals surface area contributed by atoms with E-state index in [1.807, 2.05) is 6.07 Å². The summed E-state index contributed by atoms with van der Waals surface area (Å²) in [6, 6.07) is 8.56. The quantitative estimate of drug-likeness (QED) is 0.395. The summed E-state index contributed by atoms with van der Waals surface area (Å²) in [5.74, 6) is -0.328. The molecule has 0 radical (unpaired) electrons. The van der Waals surface area contributed by atoms with E-state index in [0.717, 1.165) is 10.9 Å². The zero-order valence-corrected chi connectivity index (χ0v) is 14.6. The smallest absolute Gasteiger partial charge is 0.508 e. The van der Waals surface area contributed by atoms with Gasteiger partial charge in [0.1, 0.15) is 5.75 Å². The summed E-state index contributed by atoms with van der Waals surface area (Å²) in [4.78, 5) is 27.8. The van der Waals surface area contributed by atoms with E-state index in [0.29, 0.717) is 34.6 Å². The van der Waals surface area contributed by atoms with Crippen LogP contribution in [0, 0.1) is 0 Å². The third-order valence-electron chi connectivity index (χ3n) is 5.51. The van der Waals surface area contributed by atoms with Crippen molar-refractivity contribution in [1.29, 1.82) is 0 Å². The SMILES string of the molecule is CC[C@@]1(O)C(=[OH+])OCc2c1cc1n(c2=O)Cc2cc3cc(O)ccc3nc2-1. The molecule has 2 aliphatic heterocycles. The van der Waals surface area contributed by atoms with Crippen LogP contribution >= 0.6 is 0 Å². The number of rotatable bonds is 1. The molecule has 136 valence electrons. The number of phenols is 1. The van der Waals surface area contributed by atoms with Gasteiger partial charge in [-0.15, -0.1) is 0 Å². The van der Waals surface area contributed by atoms with Gasteiger partial charge in [-0.3, -0.25) is 4.79 Å². The minimum atomic E-state index is -1.71. The lowest BCUT2D eigenvalue weighted by molar-refractivity contribution is 0.0397. The number of fused-ring (bicyclic) bond motifs is 5.